The van der Waals surface area contributed by atoms with Crippen LogP contribution in [-0.2, 0) is 5.04 Å². The average molecular weight is 487 g/mol. The zero-order valence-electron chi connectivity index (χ0n) is 23.7. The second-order valence-corrected chi connectivity index (χ2v) is 11.1. The minimum atomic E-state index is 0.991. The summed E-state index contributed by atoms with van der Waals surface area (Å²) in [6.45, 7) is 11.5. The maximum Gasteiger partial charge on any atom is 0.0890 e. The molecule has 0 atom stereocenters. The Hall–Kier alpha value is -0.160. The average Bonchev–Trinajstić information content (AvgIpc) is 2.85. The molecule has 4 heteroatoms. The van der Waals surface area contributed by atoms with E-state index in [1.807, 2.05) is 0 Å². The lowest BCUT2D eigenvalue weighted by molar-refractivity contribution is -0.952. The van der Waals surface area contributed by atoms with Crippen LogP contribution in [0.3, 0.4) is 0 Å². The van der Waals surface area contributed by atoms with Gasteiger partial charge in [-0.25, -0.2) is 10.5 Å². The highest BCUT2D eigenvalue weighted by Crippen LogP contribution is 2.30. The van der Waals surface area contributed by atoms with Gasteiger partial charge in [-0.2, -0.15) is 0 Å². The lowest BCUT2D eigenvalue weighted by atomic mass is 9.91. The Bertz CT molecular complexity index is 379. The fourth-order valence-corrected chi connectivity index (χ4v) is 6.38. The van der Waals surface area contributed by atoms with Crippen molar-refractivity contribution in [1.82, 2.24) is 0 Å². The van der Waals surface area contributed by atoms with E-state index in [1.54, 1.807) is 0 Å². The molecule has 1 saturated carbocycles. The molecule has 0 aromatic rings. The van der Waals surface area contributed by atoms with Crippen molar-refractivity contribution >= 4 is 0 Å². The van der Waals surface area contributed by atoms with E-state index in [9.17, 15) is 0 Å². The van der Waals surface area contributed by atoms with Crippen molar-refractivity contribution in [2.45, 2.75) is 174 Å². The molecule has 0 spiro atoms. The topological polar surface area (TPSA) is 49.7 Å². The number of hydrogen-bond acceptors (Lipinski definition) is 3. The van der Waals surface area contributed by atoms with Gasteiger partial charge in [-0.1, -0.05) is 122 Å². The second kappa shape index (κ2) is 25.9. The Morgan fingerprint density at radius 3 is 1.21 bits per heavy atom. The van der Waals surface area contributed by atoms with Gasteiger partial charge >= 0.3 is 0 Å². The summed E-state index contributed by atoms with van der Waals surface area (Å²) >= 11 is 0. The van der Waals surface area contributed by atoms with Crippen LogP contribution in [-0.4, -0.2) is 40.7 Å². The quantitative estimate of drug-likeness (QED) is 0.0692. The van der Waals surface area contributed by atoms with E-state index in [2.05, 4.69) is 25.8 Å². The van der Waals surface area contributed by atoms with Gasteiger partial charge in [-0.05, 0) is 51.4 Å². The Balaban J connectivity index is 0.00000343. The lowest BCUT2D eigenvalue weighted by Crippen LogP contribution is -2.57. The molecule has 4 nitrogen and oxygen atoms in total. The number of hydrogen-bond donors (Lipinski definition) is 2. The summed E-state index contributed by atoms with van der Waals surface area (Å²) in [6, 6.07) is 0.991. The zero-order chi connectivity index (χ0) is 25.2. The van der Waals surface area contributed by atoms with E-state index in [-0.39, 0.29) is 0 Å². The van der Waals surface area contributed by atoms with Gasteiger partial charge < -0.3 is 4.48 Å². The van der Waals surface area contributed by atoms with E-state index in [1.165, 1.54) is 172 Å². The third-order valence-electron chi connectivity index (χ3n) is 8.14. The molecule has 2 N–H and O–H groups in total. The predicted octanol–water partition coefficient (Wildman–Crippen LogP) is 10.2. The summed E-state index contributed by atoms with van der Waals surface area (Å²) in [5.41, 5.74) is 0. The van der Waals surface area contributed by atoms with Crippen LogP contribution in [0.15, 0.2) is 0 Å². The predicted molar refractivity (Wildman–Crippen MR) is 148 cm³/mol. The first kappa shape index (κ1) is 33.8. The molecule has 0 aliphatic heterocycles. The fraction of sp³-hybridized carbons (Fsp3) is 1.00. The molecule has 0 aromatic heterocycles. The van der Waals surface area contributed by atoms with Gasteiger partial charge in [-0.15, -0.1) is 0 Å². The minimum Gasteiger partial charge on any atom is -0.321 e. The van der Waals surface area contributed by atoms with Crippen LogP contribution in [0.4, 0.5) is 0 Å². The SMILES string of the molecule is CCCCCCCCCCCCCCCCCC[N+](CCC)(CCC)C1CCCCC1.OOO. The molecule has 0 unspecified atom stereocenters. The molecule has 0 amide bonds. The van der Waals surface area contributed by atoms with Crippen LogP contribution < -0.4 is 0 Å². The van der Waals surface area contributed by atoms with Crippen molar-refractivity contribution < 1.29 is 20.0 Å². The molecule has 0 aromatic carbocycles. The van der Waals surface area contributed by atoms with Gasteiger partial charge in [0, 0.05) is 0 Å². The molecule has 206 valence electrons. The Morgan fingerprint density at radius 1 is 0.500 bits per heavy atom. The molecule has 34 heavy (non-hydrogen) atoms. The van der Waals surface area contributed by atoms with Gasteiger partial charge in [-0.3, -0.25) is 0 Å². The molecule has 0 saturated heterocycles. The highest BCUT2D eigenvalue weighted by Gasteiger charge is 2.35. The van der Waals surface area contributed by atoms with Crippen LogP contribution in [0.25, 0.3) is 0 Å². The van der Waals surface area contributed by atoms with Crippen LogP contribution >= 0.6 is 0 Å². The third kappa shape index (κ3) is 18.2. The van der Waals surface area contributed by atoms with E-state index in [0.717, 1.165) is 6.04 Å². The maximum atomic E-state index is 6.62. The van der Waals surface area contributed by atoms with Crippen LogP contribution in [0.5, 0.6) is 0 Å². The molecular weight excluding hydrogens is 422 g/mol. The Kier molecular flexibility index (Phi) is 25.8. The van der Waals surface area contributed by atoms with E-state index >= 15 is 0 Å². The van der Waals surface area contributed by atoms with Crippen molar-refractivity contribution in [3.8, 4) is 0 Å². The van der Waals surface area contributed by atoms with E-state index in [4.69, 9.17) is 10.5 Å². The van der Waals surface area contributed by atoms with Gasteiger partial charge in [0.2, 0.25) is 0 Å². The smallest absolute Gasteiger partial charge is 0.0890 e. The Labute approximate surface area is 214 Å². The summed E-state index contributed by atoms with van der Waals surface area (Å²) in [4.78, 5) is 0. The standard InChI is InChI=1S/C30H62N.H2O3/c1-4-7-8-9-10-11-12-13-14-15-16-17-18-19-20-24-29-31(27-5-2,28-6-3)30-25-22-21-23-26-30;1-3-2/h30H,4-29H2,1-3H3;1-2H/q+1;. The second-order valence-electron chi connectivity index (χ2n) is 11.1. The summed E-state index contributed by atoms with van der Waals surface area (Å²) < 4.78 is 1.48. The highest BCUT2D eigenvalue weighted by molar-refractivity contribution is 4.68. The van der Waals surface area contributed by atoms with Crippen molar-refractivity contribution in [3.63, 3.8) is 0 Å². The maximum absolute atomic E-state index is 6.62. The molecule has 0 radical (unpaired) electrons. The molecule has 0 heterocycles. The van der Waals surface area contributed by atoms with Crippen molar-refractivity contribution in [2.75, 3.05) is 19.6 Å². The third-order valence-corrected chi connectivity index (χ3v) is 8.14. The minimum absolute atomic E-state index is 0.991. The summed E-state index contributed by atoms with van der Waals surface area (Å²) in [5.74, 6) is 0. The lowest BCUT2D eigenvalue weighted by Gasteiger charge is -2.47. The van der Waals surface area contributed by atoms with Crippen LogP contribution in [0, 0.1) is 0 Å². The monoisotopic (exact) mass is 486 g/mol. The van der Waals surface area contributed by atoms with Crippen LogP contribution in [0.2, 0.25) is 0 Å². The Morgan fingerprint density at radius 2 is 0.853 bits per heavy atom. The molecule has 1 aliphatic carbocycles. The van der Waals surface area contributed by atoms with Crippen molar-refractivity contribution in [1.29, 1.82) is 0 Å². The van der Waals surface area contributed by atoms with Gasteiger partial charge in [0.15, 0.2) is 0 Å². The first-order valence-electron chi connectivity index (χ1n) is 15.5. The highest BCUT2D eigenvalue weighted by atomic mass is 17.4. The van der Waals surface area contributed by atoms with E-state index < -0.39 is 0 Å². The summed E-state index contributed by atoms with van der Waals surface area (Å²) in [5, 5.41) is 15.5. The van der Waals surface area contributed by atoms with Crippen molar-refractivity contribution in [2.24, 2.45) is 0 Å². The zero-order valence-corrected chi connectivity index (χ0v) is 23.7. The normalized spacial score (nSPS) is 14.7. The van der Waals surface area contributed by atoms with E-state index in [0.29, 0.717) is 0 Å². The van der Waals surface area contributed by atoms with Crippen LogP contribution in [0.1, 0.15) is 168 Å². The van der Waals surface area contributed by atoms with Gasteiger partial charge in [0.25, 0.3) is 0 Å². The molecule has 0 bridgehead atoms. The van der Waals surface area contributed by atoms with Crippen molar-refractivity contribution in [3.05, 3.63) is 0 Å². The summed E-state index contributed by atoms with van der Waals surface area (Å²) in [6.07, 6.45) is 33.9. The largest absolute Gasteiger partial charge is 0.321 e. The number of nitrogens with zero attached hydrogens (tertiary/aromatic N) is 1. The molecule has 1 aliphatic rings. The first-order valence-corrected chi connectivity index (χ1v) is 15.5. The summed E-state index contributed by atoms with van der Waals surface area (Å²) in [7, 11) is 0. The number of rotatable bonds is 22. The molecular formula is C30H64NO3+. The number of unbranched alkanes of at least 4 members (excludes halogenated alkanes) is 15. The van der Waals surface area contributed by atoms with Gasteiger partial charge in [0.1, 0.15) is 0 Å². The first-order chi connectivity index (χ1) is 16.7. The van der Waals surface area contributed by atoms with Gasteiger partial charge in [0.05, 0.1) is 25.7 Å². The number of quaternary nitrogens is 1. The fourth-order valence-electron chi connectivity index (χ4n) is 6.38. The molecule has 1 fully saturated rings. The molecule has 1 rings (SSSR count).